The second kappa shape index (κ2) is 5.21. The topological polar surface area (TPSA) is 22.1 Å². The number of methoxy groups -OCH3 is 1. The maximum absolute atomic E-state index is 5.30. The van der Waals surface area contributed by atoms with Crippen LogP contribution in [0, 0.1) is 20.8 Å². The number of ether oxygens (including phenoxy) is 1. The Morgan fingerprint density at radius 1 is 0.857 bits per heavy atom. The van der Waals surface area contributed by atoms with Crippen molar-refractivity contribution < 1.29 is 4.74 Å². The number of benzene rings is 2. The fourth-order valence-corrected chi connectivity index (χ4v) is 2.73. The molecule has 0 unspecified atom stereocenters. The van der Waals surface area contributed by atoms with E-state index in [1.54, 1.807) is 7.11 Å². The Morgan fingerprint density at radius 3 is 2.38 bits per heavy atom. The smallest absolute Gasteiger partial charge is 0.121 e. The highest BCUT2D eigenvalue weighted by atomic mass is 16.5. The van der Waals surface area contributed by atoms with Gasteiger partial charge in [-0.05, 0) is 50.1 Å². The molecule has 0 saturated heterocycles. The number of hydrogen-bond acceptors (Lipinski definition) is 2. The quantitative estimate of drug-likeness (QED) is 0.669. The molecule has 106 valence electrons. The van der Waals surface area contributed by atoms with Crippen molar-refractivity contribution in [2.45, 2.75) is 20.8 Å². The van der Waals surface area contributed by atoms with Gasteiger partial charge in [0.15, 0.2) is 0 Å². The summed E-state index contributed by atoms with van der Waals surface area (Å²) in [6.07, 6.45) is 0. The van der Waals surface area contributed by atoms with Crippen molar-refractivity contribution in [2.75, 3.05) is 7.11 Å². The molecule has 0 aliphatic heterocycles. The molecule has 0 amide bonds. The molecule has 2 heteroatoms. The van der Waals surface area contributed by atoms with Crippen LogP contribution in [0.2, 0.25) is 0 Å². The molecular formula is C19H19NO. The molecule has 0 atom stereocenters. The van der Waals surface area contributed by atoms with E-state index in [-0.39, 0.29) is 0 Å². The van der Waals surface area contributed by atoms with Crippen molar-refractivity contribution in [3.05, 3.63) is 59.2 Å². The molecule has 0 fully saturated rings. The molecule has 1 aromatic heterocycles. The number of aromatic nitrogens is 1. The Bertz CT molecular complexity index is 821. The molecule has 3 aromatic rings. The zero-order valence-electron chi connectivity index (χ0n) is 12.9. The van der Waals surface area contributed by atoms with Crippen LogP contribution < -0.4 is 4.74 Å². The number of pyridine rings is 1. The first kappa shape index (κ1) is 13.6. The fraction of sp³-hybridized carbons (Fsp3) is 0.211. The zero-order chi connectivity index (χ0) is 15.0. The first-order valence-electron chi connectivity index (χ1n) is 7.11. The van der Waals surface area contributed by atoms with Crippen LogP contribution in [0.5, 0.6) is 5.75 Å². The molecule has 2 aromatic carbocycles. The Morgan fingerprint density at radius 2 is 1.67 bits per heavy atom. The summed E-state index contributed by atoms with van der Waals surface area (Å²) in [5, 5.41) is 1.14. The van der Waals surface area contributed by atoms with E-state index in [4.69, 9.17) is 9.72 Å². The lowest BCUT2D eigenvalue weighted by molar-refractivity contribution is 0.415. The van der Waals surface area contributed by atoms with Gasteiger partial charge in [0, 0.05) is 17.0 Å². The van der Waals surface area contributed by atoms with Gasteiger partial charge in [0.1, 0.15) is 5.75 Å². The summed E-state index contributed by atoms with van der Waals surface area (Å²) in [7, 11) is 1.68. The molecule has 2 nitrogen and oxygen atoms in total. The Labute approximate surface area is 125 Å². The lowest BCUT2D eigenvalue weighted by atomic mass is 9.99. The van der Waals surface area contributed by atoms with Gasteiger partial charge in [-0.25, -0.2) is 4.98 Å². The molecule has 0 bridgehead atoms. The lowest BCUT2D eigenvalue weighted by Gasteiger charge is -2.11. The van der Waals surface area contributed by atoms with Crippen molar-refractivity contribution >= 4 is 10.9 Å². The number of aryl methyl sites for hydroxylation is 3. The standard InChI is InChI=1S/C19H19NO/c1-12-5-8-17(13(2)9-12)19-14(3)10-15-6-7-16(21-4)11-18(15)20-19/h5-11H,1-4H3. The van der Waals surface area contributed by atoms with Crippen LogP contribution in [0.25, 0.3) is 22.2 Å². The van der Waals surface area contributed by atoms with Crippen molar-refractivity contribution in [3.8, 4) is 17.0 Å². The minimum absolute atomic E-state index is 0.838. The average Bonchev–Trinajstić information content (AvgIpc) is 2.46. The van der Waals surface area contributed by atoms with Gasteiger partial charge in [-0.3, -0.25) is 0 Å². The highest BCUT2D eigenvalue weighted by Gasteiger charge is 2.09. The van der Waals surface area contributed by atoms with Crippen LogP contribution in [-0.2, 0) is 0 Å². The van der Waals surface area contributed by atoms with Gasteiger partial charge >= 0.3 is 0 Å². The molecule has 1 heterocycles. The van der Waals surface area contributed by atoms with E-state index in [1.165, 1.54) is 22.3 Å². The molecular weight excluding hydrogens is 258 g/mol. The molecule has 0 spiro atoms. The third-order valence-electron chi connectivity index (χ3n) is 3.85. The van der Waals surface area contributed by atoms with Gasteiger partial charge in [-0.1, -0.05) is 23.8 Å². The largest absolute Gasteiger partial charge is 0.497 e. The highest BCUT2D eigenvalue weighted by Crippen LogP contribution is 2.29. The summed E-state index contributed by atoms with van der Waals surface area (Å²) in [6.45, 7) is 6.37. The van der Waals surface area contributed by atoms with Gasteiger partial charge in [0.2, 0.25) is 0 Å². The van der Waals surface area contributed by atoms with E-state index < -0.39 is 0 Å². The minimum Gasteiger partial charge on any atom is -0.497 e. The second-order valence-corrected chi connectivity index (χ2v) is 5.53. The summed E-state index contributed by atoms with van der Waals surface area (Å²) in [4.78, 5) is 4.86. The summed E-state index contributed by atoms with van der Waals surface area (Å²) in [5.74, 6) is 0.838. The third-order valence-corrected chi connectivity index (χ3v) is 3.85. The Kier molecular flexibility index (Phi) is 3.38. The van der Waals surface area contributed by atoms with E-state index in [9.17, 15) is 0 Å². The summed E-state index contributed by atoms with van der Waals surface area (Å²) in [6, 6.07) is 14.7. The monoisotopic (exact) mass is 277 g/mol. The van der Waals surface area contributed by atoms with Crippen LogP contribution in [0.3, 0.4) is 0 Å². The van der Waals surface area contributed by atoms with E-state index in [0.29, 0.717) is 0 Å². The van der Waals surface area contributed by atoms with Crippen LogP contribution >= 0.6 is 0 Å². The molecule has 0 aliphatic rings. The van der Waals surface area contributed by atoms with Crippen molar-refractivity contribution in [3.63, 3.8) is 0 Å². The highest BCUT2D eigenvalue weighted by molar-refractivity contribution is 5.85. The summed E-state index contributed by atoms with van der Waals surface area (Å²) < 4.78 is 5.30. The lowest BCUT2D eigenvalue weighted by Crippen LogP contribution is -1.93. The van der Waals surface area contributed by atoms with Crippen molar-refractivity contribution in [1.29, 1.82) is 0 Å². The molecule has 0 radical (unpaired) electrons. The van der Waals surface area contributed by atoms with Gasteiger partial charge in [-0.2, -0.15) is 0 Å². The Balaban J connectivity index is 2.24. The SMILES string of the molecule is COc1ccc2cc(C)c(-c3ccc(C)cc3C)nc2c1. The summed E-state index contributed by atoms with van der Waals surface area (Å²) in [5.41, 5.74) is 6.94. The number of hydrogen-bond donors (Lipinski definition) is 0. The Hall–Kier alpha value is -2.35. The minimum atomic E-state index is 0.838. The predicted molar refractivity (Wildman–Crippen MR) is 87.9 cm³/mol. The summed E-state index contributed by atoms with van der Waals surface area (Å²) >= 11 is 0. The van der Waals surface area contributed by atoms with E-state index in [2.05, 4.69) is 51.1 Å². The van der Waals surface area contributed by atoms with Crippen LogP contribution in [-0.4, -0.2) is 12.1 Å². The predicted octanol–water partition coefficient (Wildman–Crippen LogP) is 4.84. The van der Waals surface area contributed by atoms with Gasteiger partial charge in [0.05, 0.1) is 18.3 Å². The molecule has 0 saturated carbocycles. The van der Waals surface area contributed by atoms with E-state index >= 15 is 0 Å². The molecule has 0 N–H and O–H groups in total. The first-order valence-corrected chi connectivity index (χ1v) is 7.11. The van der Waals surface area contributed by atoms with Crippen LogP contribution in [0.1, 0.15) is 16.7 Å². The second-order valence-electron chi connectivity index (χ2n) is 5.53. The van der Waals surface area contributed by atoms with Gasteiger partial charge in [-0.15, -0.1) is 0 Å². The van der Waals surface area contributed by atoms with Crippen molar-refractivity contribution in [1.82, 2.24) is 4.98 Å². The first-order chi connectivity index (χ1) is 10.1. The number of nitrogens with zero attached hydrogens (tertiary/aromatic N) is 1. The normalized spacial score (nSPS) is 10.9. The van der Waals surface area contributed by atoms with Crippen LogP contribution in [0.4, 0.5) is 0 Å². The number of fused-ring (bicyclic) bond motifs is 1. The molecule has 3 rings (SSSR count). The van der Waals surface area contributed by atoms with E-state index in [0.717, 1.165) is 22.3 Å². The van der Waals surface area contributed by atoms with E-state index in [1.807, 2.05) is 12.1 Å². The maximum atomic E-state index is 5.30. The average molecular weight is 277 g/mol. The van der Waals surface area contributed by atoms with Gasteiger partial charge < -0.3 is 4.74 Å². The van der Waals surface area contributed by atoms with Crippen molar-refractivity contribution in [2.24, 2.45) is 0 Å². The molecule has 0 aliphatic carbocycles. The van der Waals surface area contributed by atoms with Crippen LogP contribution in [0.15, 0.2) is 42.5 Å². The zero-order valence-corrected chi connectivity index (χ0v) is 12.9. The number of rotatable bonds is 2. The fourth-order valence-electron chi connectivity index (χ4n) is 2.73. The molecule has 21 heavy (non-hydrogen) atoms. The maximum Gasteiger partial charge on any atom is 0.121 e. The van der Waals surface area contributed by atoms with Gasteiger partial charge in [0.25, 0.3) is 0 Å². The third kappa shape index (κ3) is 2.49.